The van der Waals surface area contributed by atoms with Gasteiger partial charge in [0.25, 0.3) is 11.8 Å². The van der Waals surface area contributed by atoms with Crippen LogP contribution < -0.4 is 20.7 Å². The van der Waals surface area contributed by atoms with Gasteiger partial charge in [-0.05, 0) is 62.9 Å². The summed E-state index contributed by atoms with van der Waals surface area (Å²) in [5.74, 6) is -2.41. The zero-order valence-corrected chi connectivity index (χ0v) is 34.7. The number of aromatic carboxylic acids is 2. The number of carboxylic acids is 2. The van der Waals surface area contributed by atoms with E-state index in [0.29, 0.717) is 87.8 Å². The second kappa shape index (κ2) is 17.5. The fourth-order valence-corrected chi connectivity index (χ4v) is 8.96. The van der Waals surface area contributed by atoms with E-state index in [1.54, 1.807) is 10.6 Å². The van der Waals surface area contributed by atoms with E-state index < -0.39 is 17.8 Å². The van der Waals surface area contributed by atoms with Crippen molar-refractivity contribution in [3.8, 4) is 5.75 Å². The molecule has 5 N–H and O–H groups in total. The van der Waals surface area contributed by atoms with Gasteiger partial charge in [-0.25, -0.2) is 29.5 Å². The Kier molecular flexibility index (Phi) is 12.2. The summed E-state index contributed by atoms with van der Waals surface area (Å²) >= 11 is 2.56. The third-order valence-electron chi connectivity index (χ3n) is 9.79. The van der Waals surface area contributed by atoms with E-state index in [-0.39, 0.29) is 53.8 Å². The number of amides is 2. The van der Waals surface area contributed by atoms with Gasteiger partial charge in [-0.15, -0.1) is 22.7 Å². The Balaban J connectivity index is 1.29. The number of aryl methyl sites for hydroxylation is 4. The molecule has 1 unspecified atom stereocenters. The minimum absolute atomic E-state index is 0.0308. The number of carboxylic acid groups (broad SMARTS) is 2. The number of ether oxygens (including phenoxy) is 2. The lowest BCUT2D eigenvalue weighted by Crippen LogP contribution is -2.42. The number of fused-ring (bicyclic) bond motifs is 2. The number of aromatic nitrogens is 6. The molecule has 1 atom stereocenters. The lowest BCUT2D eigenvalue weighted by molar-refractivity contribution is 0.0686. The minimum atomic E-state index is -1.16. The van der Waals surface area contributed by atoms with Gasteiger partial charge >= 0.3 is 11.9 Å². The number of methoxy groups -OCH3 is 1. The Morgan fingerprint density at radius 3 is 1.85 bits per heavy atom. The number of carbonyl (C=O) groups is 4. The minimum Gasteiger partial charge on any atom is -0.494 e. The molecule has 17 nitrogen and oxygen atoms in total. The third-order valence-corrected chi connectivity index (χ3v) is 11.8. The van der Waals surface area contributed by atoms with E-state index in [4.69, 9.17) is 14.5 Å². The van der Waals surface area contributed by atoms with Gasteiger partial charge < -0.3 is 34.1 Å². The number of imidazole rings is 2. The molecular weight excluding hydrogens is 799 g/mol. The number of thiazole rings is 2. The molecule has 5 heterocycles. The van der Waals surface area contributed by atoms with Gasteiger partial charge in [0.1, 0.15) is 21.0 Å². The summed E-state index contributed by atoms with van der Waals surface area (Å²) in [6, 6.07) is 5.87. The lowest BCUT2D eigenvalue weighted by atomic mass is 10.0. The van der Waals surface area contributed by atoms with Crippen molar-refractivity contribution in [1.82, 2.24) is 34.4 Å². The van der Waals surface area contributed by atoms with Crippen LogP contribution in [0.1, 0.15) is 80.9 Å². The van der Waals surface area contributed by atoms with Crippen molar-refractivity contribution in [1.29, 1.82) is 0 Å². The van der Waals surface area contributed by atoms with Gasteiger partial charge in [0.2, 0.25) is 11.9 Å². The molecule has 6 aromatic rings. The van der Waals surface area contributed by atoms with Crippen LogP contribution in [0.5, 0.6) is 5.75 Å². The zero-order chi connectivity index (χ0) is 42.0. The maximum absolute atomic E-state index is 13.8. The molecule has 4 aromatic heterocycles. The molecule has 1 fully saturated rings. The van der Waals surface area contributed by atoms with E-state index in [1.807, 2.05) is 44.4 Å². The van der Waals surface area contributed by atoms with Crippen LogP contribution in [0.3, 0.4) is 0 Å². The highest BCUT2D eigenvalue weighted by Crippen LogP contribution is 2.32. The maximum Gasteiger partial charge on any atom is 0.335 e. The largest absolute Gasteiger partial charge is 0.494 e. The molecule has 0 spiro atoms. The van der Waals surface area contributed by atoms with E-state index in [9.17, 15) is 29.4 Å². The van der Waals surface area contributed by atoms with Gasteiger partial charge in [-0.2, -0.15) is 0 Å². The second-order valence-electron chi connectivity index (χ2n) is 13.8. The molecule has 2 amide bonds. The quantitative estimate of drug-likeness (QED) is 0.0780. The number of nitrogens with one attached hydrogen (secondary N) is 3. The fraction of sp³-hybridized carbons (Fsp3) is 0.350. The molecule has 0 bridgehead atoms. The van der Waals surface area contributed by atoms with Crippen LogP contribution in [0.4, 0.5) is 11.9 Å². The average Bonchev–Trinajstić information content (AvgIpc) is 3.98. The molecular formula is C40H43N9O8S2. The lowest BCUT2D eigenvalue weighted by Gasteiger charge is -2.24. The summed E-state index contributed by atoms with van der Waals surface area (Å²) in [5, 5.41) is 30.7. The van der Waals surface area contributed by atoms with Crippen molar-refractivity contribution >= 4 is 80.4 Å². The molecule has 19 heteroatoms. The maximum atomic E-state index is 13.8. The number of hydrogen-bond donors (Lipinski definition) is 5. The number of hydrogen-bond acceptors (Lipinski definition) is 13. The Bertz CT molecular complexity index is 2630. The van der Waals surface area contributed by atoms with Gasteiger partial charge in [0.05, 0.1) is 69.4 Å². The van der Waals surface area contributed by atoms with Gasteiger partial charge in [-0.1, -0.05) is 26.0 Å². The Morgan fingerprint density at radius 2 is 1.36 bits per heavy atom. The van der Waals surface area contributed by atoms with E-state index in [2.05, 4.69) is 30.9 Å². The molecule has 0 radical (unpaired) electrons. The Morgan fingerprint density at radius 1 is 0.831 bits per heavy atom. The fourth-order valence-electron chi connectivity index (χ4n) is 7.16. The van der Waals surface area contributed by atoms with Crippen molar-refractivity contribution in [2.45, 2.75) is 66.1 Å². The molecule has 0 saturated carbocycles. The molecule has 7 rings (SSSR count). The molecule has 1 aliphatic rings. The first-order valence-corrected chi connectivity index (χ1v) is 20.6. The monoisotopic (exact) mass is 841 g/mol. The number of allylic oxidation sites excluding steroid dienone is 2. The van der Waals surface area contributed by atoms with Gasteiger partial charge in [-0.3, -0.25) is 20.2 Å². The van der Waals surface area contributed by atoms with Crippen LogP contribution in [0.2, 0.25) is 0 Å². The highest BCUT2D eigenvalue weighted by molar-refractivity contribution is 7.14. The van der Waals surface area contributed by atoms with Crippen LogP contribution in [-0.2, 0) is 37.1 Å². The number of anilines is 2. The summed E-state index contributed by atoms with van der Waals surface area (Å²) in [6.07, 6.45) is 5.26. The molecule has 2 aromatic carbocycles. The summed E-state index contributed by atoms with van der Waals surface area (Å²) in [6.45, 7) is 9.54. The number of carbonyl (C=O) groups excluding carboxylic acids is 2. The summed E-state index contributed by atoms with van der Waals surface area (Å²) < 4.78 is 14.9. The standard InChI is InChI=1S/C40H43N9O8S2/c1-6-26-33(58-20(3)42-26)35(50)46-39-44-28-16-23(37(52)53)14-22(15-25-19-57-13-10-41-25)31(28)48(39)11-8-9-12-49-32-29(17-24(38(54)55)18-30(32)56-5)45-40(49)47-36(51)34-27(7-2)43-21(4)59-34/h8-9,14,16-18,25,41H,6-7,10-13,15,19H2,1-5H3,(H,52,53)(H,54,55)(H,44,46,50)(H,45,47,51)/b9-8+. The molecule has 59 heavy (non-hydrogen) atoms. The zero-order valence-electron chi connectivity index (χ0n) is 33.0. The predicted octanol–water partition coefficient (Wildman–Crippen LogP) is 5.74. The predicted molar refractivity (Wildman–Crippen MR) is 224 cm³/mol. The first-order valence-electron chi connectivity index (χ1n) is 19.0. The Hall–Kier alpha value is -6.02. The first-order chi connectivity index (χ1) is 28.4. The normalized spacial score (nSPS) is 14.4. The Labute approximate surface area is 346 Å². The smallest absolute Gasteiger partial charge is 0.335 e. The summed E-state index contributed by atoms with van der Waals surface area (Å²) in [5.41, 5.74) is 3.88. The molecule has 1 aliphatic heterocycles. The van der Waals surface area contributed by atoms with Crippen molar-refractivity contribution in [2.75, 3.05) is 37.5 Å². The highest BCUT2D eigenvalue weighted by Gasteiger charge is 2.25. The van der Waals surface area contributed by atoms with E-state index >= 15 is 0 Å². The molecule has 0 aliphatic carbocycles. The van der Waals surface area contributed by atoms with Crippen LogP contribution in [0, 0.1) is 13.8 Å². The second-order valence-corrected chi connectivity index (χ2v) is 16.2. The highest BCUT2D eigenvalue weighted by atomic mass is 32.1. The average molecular weight is 842 g/mol. The van der Waals surface area contributed by atoms with Crippen LogP contribution in [0.15, 0.2) is 36.4 Å². The first kappa shape index (κ1) is 41.2. The number of rotatable bonds is 15. The molecule has 308 valence electrons. The van der Waals surface area contributed by atoms with E-state index in [1.165, 1.54) is 48.0 Å². The number of morpholine rings is 1. The topological polar surface area (TPSA) is 225 Å². The van der Waals surface area contributed by atoms with Crippen LogP contribution >= 0.6 is 22.7 Å². The van der Waals surface area contributed by atoms with Gasteiger partial charge in [0, 0.05) is 25.7 Å². The van der Waals surface area contributed by atoms with Crippen molar-refractivity contribution in [3.63, 3.8) is 0 Å². The summed E-state index contributed by atoms with van der Waals surface area (Å²) in [4.78, 5) is 71.1. The van der Waals surface area contributed by atoms with Crippen LogP contribution in [-0.4, -0.2) is 95.9 Å². The third kappa shape index (κ3) is 8.59. The van der Waals surface area contributed by atoms with Crippen LogP contribution in [0.25, 0.3) is 22.1 Å². The van der Waals surface area contributed by atoms with Crippen molar-refractivity contribution < 1.29 is 38.9 Å². The van der Waals surface area contributed by atoms with Gasteiger partial charge in [0.15, 0.2) is 0 Å². The number of nitrogens with zero attached hydrogens (tertiary/aromatic N) is 6. The van der Waals surface area contributed by atoms with Crippen molar-refractivity contribution in [2.24, 2.45) is 0 Å². The SMILES string of the molecule is CCc1nc(C)sc1C(=O)Nc1nc2cc(C(=O)O)cc(CC3COCCN3)c2n1C/C=C/Cn1c(NC(=O)c2sc(C)nc2CC)nc2cc(C(=O)O)cc(OC)c21. The van der Waals surface area contributed by atoms with Crippen molar-refractivity contribution in [3.05, 3.63) is 84.3 Å². The number of benzene rings is 2. The summed E-state index contributed by atoms with van der Waals surface area (Å²) in [7, 11) is 1.43. The van der Waals surface area contributed by atoms with E-state index in [0.717, 1.165) is 10.0 Å². The molecule has 1 saturated heterocycles.